The highest BCUT2D eigenvalue weighted by Gasteiger charge is 2.35. The van der Waals surface area contributed by atoms with Crippen molar-refractivity contribution in [3.8, 4) is 0 Å². The van der Waals surface area contributed by atoms with Gasteiger partial charge in [-0.05, 0) is 52.0 Å². The monoisotopic (exact) mass is 340 g/mol. The number of piperidine rings is 1. The zero-order valence-electron chi connectivity index (χ0n) is 14.5. The number of likely N-dealkylation sites (tertiary alicyclic amines) is 1. The van der Waals surface area contributed by atoms with Crippen LogP contribution >= 0.6 is 11.3 Å². The third-order valence-electron chi connectivity index (χ3n) is 4.05. The first-order chi connectivity index (χ1) is 10.7. The van der Waals surface area contributed by atoms with Gasteiger partial charge in [0.05, 0.1) is 5.60 Å². The van der Waals surface area contributed by atoms with E-state index < -0.39 is 11.2 Å². The number of nitrogens with zero attached hydrogens (tertiary/aromatic N) is 1. The fraction of sp³-hybridized carbons (Fsp3) is 0.706. The van der Waals surface area contributed by atoms with Gasteiger partial charge in [-0.25, -0.2) is 4.79 Å². The molecule has 1 unspecified atom stereocenters. The summed E-state index contributed by atoms with van der Waals surface area (Å²) in [7, 11) is 0. The third-order valence-corrected chi connectivity index (χ3v) is 5.11. The summed E-state index contributed by atoms with van der Waals surface area (Å²) in [5.74, 6) is 0. The van der Waals surface area contributed by atoms with E-state index in [4.69, 9.17) is 4.74 Å². The fourth-order valence-electron chi connectivity index (χ4n) is 2.59. The Morgan fingerprint density at radius 1 is 1.48 bits per heavy atom. The average Bonchev–Trinajstić information content (AvgIpc) is 2.98. The van der Waals surface area contributed by atoms with Crippen LogP contribution in [0.15, 0.2) is 17.5 Å². The molecule has 1 fully saturated rings. The molecule has 2 heterocycles. The number of hydrogen-bond donors (Lipinski definition) is 2. The summed E-state index contributed by atoms with van der Waals surface area (Å²) < 4.78 is 5.38. The van der Waals surface area contributed by atoms with E-state index in [0.29, 0.717) is 32.5 Å². The van der Waals surface area contributed by atoms with Crippen molar-refractivity contribution in [3.05, 3.63) is 22.4 Å². The lowest BCUT2D eigenvalue weighted by atomic mass is 9.91. The smallest absolute Gasteiger partial charge is 0.410 e. The molecule has 5 nitrogen and oxygen atoms in total. The Hall–Kier alpha value is -1.11. The molecule has 2 N–H and O–H groups in total. The molecule has 1 atom stereocenters. The summed E-state index contributed by atoms with van der Waals surface area (Å²) >= 11 is 1.71. The van der Waals surface area contributed by atoms with Crippen LogP contribution in [0.2, 0.25) is 0 Å². The van der Waals surface area contributed by atoms with Gasteiger partial charge in [-0.15, -0.1) is 11.3 Å². The van der Waals surface area contributed by atoms with Gasteiger partial charge >= 0.3 is 6.09 Å². The van der Waals surface area contributed by atoms with E-state index in [1.54, 1.807) is 16.2 Å². The van der Waals surface area contributed by atoms with Crippen LogP contribution in [0.25, 0.3) is 0 Å². The molecule has 0 aromatic carbocycles. The normalized spacial score (nSPS) is 19.4. The summed E-state index contributed by atoms with van der Waals surface area (Å²) in [6.45, 7) is 9.28. The summed E-state index contributed by atoms with van der Waals surface area (Å²) in [6, 6.07) is 4.35. The molecule has 0 saturated carbocycles. The summed E-state index contributed by atoms with van der Waals surface area (Å²) in [4.78, 5) is 15.0. The molecule has 1 aromatic heterocycles. The predicted molar refractivity (Wildman–Crippen MR) is 92.7 cm³/mol. The fourth-order valence-corrected chi connectivity index (χ4v) is 3.35. The van der Waals surface area contributed by atoms with E-state index in [0.717, 1.165) is 0 Å². The number of aliphatic hydroxyl groups is 1. The van der Waals surface area contributed by atoms with Crippen LogP contribution < -0.4 is 5.32 Å². The molecular formula is C17H28N2O3S. The number of hydrogen-bond acceptors (Lipinski definition) is 5. The first-order valence-corrected chi connectivity index (χ1v) is 9.04. The highest BCUT2D eigenvalue weighted by Crippen LogP contribution is 2.25. The molecule has 1 aromatic rings. The number of rotatable bonds is 4. The van der Waals surface area contributed by atoms with E-state index in [-0.39, 0.29) is 12.1 Å². The molecule has 23 heavy (non-hydrogen) atoms. The van der Waals surface area contributed by atoms with E-state index in [1.165, 1.54) is 4.88 Å². The Labute approximate surface area is 142 Å². The maximum absolute atomic E-state index is 12.1. The second-order valence-corrected chi connectivity index (χ2v) is 8.29. The molecular weight excluding hydrogens is 312 g/mol. The highest BCUT2D eigenvalue weighted by atomic mass is 32.1. The van der Waals surface area contributed by atoms with Crippen molar-refractivity contribution < 1.29 is 14.6 Å². The number of ether oxygens (including phenoxy) is 1. The zero-order valence-corrected chi connectivity index (χ0v) is 15.3. The Bertz CT molecular complexity index is 502. The number of carbonyl (C=O) groups is 1. The molecule has 1 saturated heterocycles. The van der Waals surface area contributed by atoms with Crippen molar-refractivity contribution >= 4 is 17.4 Å². The van der Waals surface area contributed by atoms with Crippen LogP contribution in [0.3, 0.4) is 0 Å². The topological polar surface area (TPSA) is 61.8 Å². The van der Waals surface area contributed by atoms with Crippen molar-refractivity contribution in [3.63, 3.8) is 0 Å². The molecule has 130 valence electrons. The minimum Gasteiger partial charge on any atom is -0.444 e. The van der Waals surface area contributed by atoms with Crippen LogP contribution in [0.5, 0.6) is 0 Å². The predicted octanol–water partition coefficient (Wildman–Crippen LogP) is 3.16. The van der Waals surface area contributed by atoms with Gasteiger partial charge in [0.2, 0.25) is 0 Å². The average molecular weight is 340 g/mol. The van der Waals surface area contributed by atoms with Crippen molar-refractivity contribution in [2.75, 3.05) is 19.6 Å². The largest absolute Gasteiger partial charge is 0.444 e. The van der Waals surface area contributed by atoms with Gasteiger partial charge in [0.25, 0.3) is 0 Å². The number of thiophene rings is 1. The van der Waals surface area contributed by atoms with Crippen LogP contribution in [0, 0.1) is 0 Å². The lowest BCUT2D eigenvalue weighted by molar-refractivity contribution is -0.0319. The number of nitrogens with one attached hydrogen (secondary N) is 1. The number of amides is 1. The van der Waals surface area contributed by atoms with Crippen molar-refractivity contribution in [1.82, 2.24) is 10.2 Å². The van der Waals surface area contributed by atoms with E-state index in [2.05, 4.69) is 23.7 Å². The van der Waals surface area contributed by atoms with Gasteiger partial charge in [0.15, 0.2) is 0 Å². The maximum Gasteiger partial charge on any atom is 0.410 e. The third kappa shape index (κ3) is 5.48. The Morgan fingerprint density at radius 2 is 2.13 bits per heavy atom. The Balaban J connectivity index is 1.79. The maximum atomic E-state index is 12.1. The van der Waals surface area contributed by atoms with Gasteiger partial charge in [0.1, 0.15) is 5.60 Å². The zero-order chi connectivity index (χ0) is 17.1. The Morgan fingerprint density at radius 3 is 2.65 bits per heavy atom. The highest BCUT2D eigenvalue weighted by molar-refractivity contribution is 7.10. The lowest BCUT2D eigenvalue weighted by Crippen LogP contribution is -2.52. The van der Waals surface area contributed by atoms with Gasteiger partial charge in [-0.1, -0.05) is 6.07 Å². The minimum absolute atomic E-state index is 0.225. The van der Waals surface area contributed by atoms with Crippen LogP contribution in [-0.2, 0) is 4.74 Å². The quantitative estimate of drug-likeness (QED) is 0.884. The van der Waals surface area contributed by atoms with Gasteiger partial charge in [-0.3, -0.25) is 0 Å². The van der Waals surface area contributed by atoms with E-state index >= 15 is 0 Å². The molecule has 1 aliphatic rings. The second kappa shape index (κ2) is 7.20. The number of carbonyl (C=O) groups excluding carboxylic acids is 1. The molecule has 0 aliphatic carbocycles. The first kappa shape index (κ1) is 18.2. The summed E-state index contributed by atoms with van der Waals surface area (Å²) in [5, 5.41) is 16.2. The van der Waals surface area contributed by atoms with Gasteiger partial charge < -0.3 is 20.1 Å². The second-order valence-electron chi connectivity index (χ2n) is 7.31. The van der Waals surface area contributed by atoms with Gasteiger partial charge in [0, 0.05) is 30.6 Å². The van der Waals surface area contributed by atoms with Crippen molar-refractivity contribution in [1.29, 1.82) is 0 Å². The van der Waals surface area contributed by atoms with Crippen LogP contribution in [0.1, 0.15) is 51.5 Å². The Kier molecular flexibility index (Phi) is 5.70. The van der Waals surface area contributed by atoms with E-state index in [1.807, 2.05) is 26.8 Å². The van der Waals surface area contributed by atoms with E-state index in [9.17, 15) is 9.90 Å². The van der Waals surface area contributed by atoms with Crippen molar-refractivity contribution in [2.24, 2.45) is 0 Å². The molecule has 6 heteroatoms. The molecule has 2 rings (SSSR count). The minimum atomic E-state index is -0.760. The molecule has 1 amide bonds. The van der Waals surface area contributed by atoms with Gasteiger partial charge in [-0.2, -0.15) is 0 Å². The molecule has 1 aliphatic heterocycles. The summed E-state index contributed by atoms with van der Waals surface area (Å²) in [5.41, 5.74) is -1.24. The standard InChI is InChI=1S/C17H28N2O3S/c1-13(14-6-5-11-23-14)18-12-17(21)7-9-19(10-8-17)15(20)22-16(2,3)4/h5-6,11,13,18,21H,7-10,12H2,1-4H3. The SMILES string of the molecule is CC(NCC1(O)CCN(C(=O)OC(C)(C)C)CC1)c1cccs1. The molecule has 0 spiro atoms. The first-order valence-electron chi connectivity index (χ1n) is 8.16. The molecule has 0 bridgehead atoms. The lowest BCUT2D eigenvalue weighted by Gasteiger charge is -2.39. The van der Waals surface area contributed by atoms with Crippen LogP contribution in [-0.4, -0.2) is 46.9 Å². The van der Waals surface area contributed by atoms with Crippen molar-refractivity contribution in [2.45, 2.75) is 57.8 Å². The summed E-state index contributed by atoms with van der Waals surface area (Å²) in [6.07, 6.45) is 0.840. The van der Waals surface area contributed by atoms with Crippen LogP contribution in [0.4, 0.5) is 4.79 Å². The molecule has 0 radical (unpaired) electrons.